The normalized spacial score (nSPS) is 12.2. The first-order valence-electron chi connectivity index (χ1n) is 12.2. The molecular formula is C27H39N3O4S. The first-order chi connectivity index (χ1) is 16.5. The Hall–Kier alpha value is -2.87. The quantitative estimate of drug-likeness (QED) is 0.444. The second kappa shape index (κ2) is 12.7. The molecule has 0 radical (unpaired) electrons. The Bertz CT molecular complexity index is 1130. The molecule has 7 nitrogen and oxygen atoms in total. The summed E-state index contributed by atoms with van der Waals surface area (Å²) >= 11 is 0. The number of carbonyl (C=O) groups is 2. The van der Waals surface area contributed by atoms with E-state index in [1.807, 2.05) is 71.0 Å². The third kappa shape index (κ3) is 7.82. The molecule has 1 atom stereocenters. The number of anilines is 1. The van der Waals surface area contributed by atoms with Gasteiger partial charge < -0.3 is 10.2 Å². The number of amides is 2. The lowest BCUT2D eigenvalue weighted by Gasteiger charge is -2.33. The summed E-state index contributed by atoms with van der Waals surface area (Å²) in [4.78, 5) is 28.4. The van der Waals surface area contributed by atoms with Crippen LogP contribution in [0.3, 0.4) is 0 Å². The molecular weight excluding hydrogens is 462 g/mol. The van der Waals surface area contributed by atoms with Gasteiger partial charge in [-0.3, -0.25) is 13.9 Å². The number of rotatable bonds is 12. The van der Waals surface area contributed by atoms with Gasteiger partial charge in [0.15, 0.2) is 0 Å². The number of nitrogens with one attached hydrogen (secondary N) is 1. The van der Waals surface area contributed by atoms with E-state index in [2.05, 4.69) is 5.32 Å². The number of carbonyl (C=O) groups excluding carboxylic acids is 2. The molecule has 2 rings (SSSR count). The average molecular weight is 502 g/mol. The fourth-order valence-corrected chi connectivity index (χ4v) is 4.88. The Morgan fingerprint density at radius 3 is 2.29 bits per heavy atom. The molecule has 0 fully saturated rings. The van der Waals surface area contributed by atoms with Gasteiger partial charge in [-0.05, 0) is 61.9 Å². The Morgan fingerprint density at radius 1 is 1.00 bits per heavy atom. The van der Waals surface area contributed by atoms with Crippen LogP contribution in [-0.2, 0) is 26.2 Å². The SMILES string of the molecule is CCCCNC(=O)[C@H](CC)N(Cc1ccccc1C)C(=O)CN(c1cc(C)ccc1C)S(C)(=O)=O. The molecule has 2 aromatic carbocycles. The van der Waals surface area contributed by atoms with Gasteiger partial charge in [-0.1, -0.05) is 56.7 Å². The van der Waals surface area contributed by atoms with Crippen molar-refractivity contribution in [1.82, 2.24) is 10.2 Å². The van der Waals surface area contributed by atoms with Crippen LogP contribution in [0.1, 0.15) is 55.4 Å². The summed E-state index contributed by atoms with van der Waals surface area (Å²) in [6.45, 7) is 9.94. The summed E-state index contributed by atoms with van der Waals surface area (Å²) in [6.07, 6.45) is 3.31. The van der Waals surface area contributed by atoms with E-state index in [1.54, 1.807) is 6.07 Å². The second-order valence-corrected chi connectivity index (χ2v) is 11.0. The summed E-state index contributed by atoms with van der Waals surface area (Å²) in [6, 6.07) is 12.5. The number of hydrogen-bond donors (Lipinski definition) is 1. The van der Waals surface area contributed by atoms with Crippen molar-refractivity contribution >= 4 is 27.5 Å². The molecule has 0 saturated carbocycles. The fourth-order valence-electron chi connectivity index (χ4n) is 3.98. The lowest BCUT2D eigenvalue weighted by molar-refractivity contribution is -0.140. The lowest BCUT2D eigenvalue weighted by Crippen LogP contribution is -2.52. The number of hydrogen-bond acceptors (Lipinski definition) is 4. The Labute approximate surface area is 210 Å². The molecule has 0 aliphatic carbocycles. The van der Waals surface area contributed by atoms with Crippen LogP contribution < -0.4 is 9.62 Å². The highest BCUT2D eigenvalue weighted by molar-refractivity contribution is 7.92. The highest BCUT2D eigenvalue weighted by atomic mass is 32.2. The van der Waals surface area contributed by atoms with Crippen molar-refractivity contribution < 1.29 is 18.0 Å². The fraction of sp³-hybridized carbons (Fsp3) is 0.481. The van der Waals surface area contributed by atoms with Crippen LogP contribution in [0.15, 0.2) is 42.5 Å². The molecule has 0 saturated heterocycles. The molecule has 2 amide bonds. The summed E-state index contributed by atoms with van der Waals surface area (Å²) in [5.74, 6) is -0.641. The van der Waals surface area contributed by atoms with Crippen molar-refractivity contribution in [2.24, 2.45) is 0 Å². The minimum absolute atomic E-state index is 0.218. The summed E-state index contributed by atoms with van der Waals surface area (Å²) in [5, 5.41) is 2.94. The minimum atomic E-state index is -3.75. The summed E-state index contributed by atoms with van der Waals surface area (Å²) in [5.41, 5.74) is 4.03. The Balaban J connectivity index is 2.46. The first kappa shape index (κ1) is 28.4. The maximum Gasteiger partial charge on any atom is 0.244 e. The molecule has 0 aromatic heterocycles. The molecule has 35 heavy (non-hydrogen) atoms. The van der Waals surface area contributed by atoms with Crippen LogP contribution in [0, 0.1) is 20.8 Å². The summed E-state index contributed by atoms with van der Waals surface area (Å²) < 4.78 is 26.7. The predicted molar refractivity (Wildman–Crippen MR) is 142 cm³/mol. The van der Waals surface area contributed by atoms with Gasteiger partial charge in [-0.2, -0.15) is 0 Å². The zero-order chi connectivity index (χ0) is 26.2. The van der Waals surface area contributed by atoms with Crippen LogP contribution >= 0.6 is 0 Å². The number of aryl methyl sites for hydroxylation is 3. The van der Waals surface area contributed by atoms with Gasteiger partial charge in [0.2, 0.25) is 21.8 Å². The van der Waals surface area contributed by atoms with Gasteiger partial charge in [0, 0.05) is 13.1 Å². The topological polar surface area (TPSA) is 86.8 Å². The average Bonchev–Trinajstić information content (AvgIpc) is 2.79. The molecule has 1 N–H and O–H groups in total. The highest BCUT2D eigenvalue weighted by Gasteiger charge is 2.32. The van der Waals surface area contributed by atoms with E-state index in [0.717, 1.165) is 45.7 Å². The van der Waals surface area contributed by atoms with Gasteiger partial charge in [0.25, 0.3) is 0 Å². The summed E-state index contributed by atoms with van der Waals surface area (Å²) in [7, 11) is -3.75. The third-order valence-corrected chi connectivity index (χ3v) is 7.26. The Kier molecular flexibility index (Phi) is 10.3. The van der Waals surface area contributed by atoms with E-state index in [4.69, 9.17) is 0 Å². The molecule has 192 valence electrons. The molecule has 0 aliphatic rings. The van der Waals surface area contributed by atoms with Crippen molar-refractivity contribution in [3.05, 3.63) is 64.7 Å². The van der Waals surface area contributed by atoms with E-state index in [-0.39, 0.29) is 19.0 Å². The van der Waals surface area contributed by atoms with Gasteiger partial charge in [0.05, 0.1) is 11.9 Å². The zero-order valence-corrected chi connectivity index (χ0v) is 22.6. The van der Waals surface area contributed by atoms with Gasteiger partial charge in [-0.25, -0.2) is 8.42 Å². The van der Waals surface area contributed by atoms with Crippen molar-refractivity contribution in [1.29, 1.82) is 0 Å². The van der Waals surface area contributed by atoms with E-state index in [9.17, 15) is 18.0 Å². The number of benzene rings is 2. The Morgan fingerprint density at radius 2 is 1.69 bits per heavy atom. The van der Waals surface area contributed by atoms with Crippen molar-refractivity contribution in [3.8, 4) is 0 Å². The molecule has 0 unspecified atom stereocenters. The van der Waals surface area contributed by atoms with E-state index >= 15 is 0 Å². The maximum absolute atomic E-state index is 13.8. The van der Waals surface area contributed by atoms with Crippen LogP contribution in [0.25, 0.3) is 0 Å². The van der Waals surface area contributed by atoms with Crippen molar-refractivity contribution in [3.63, 3.8) is 0 Å². The number of sulfonamides is 1. The molecule has 0 bridgehead atoms. The third-order valence-electron chi connectivity index (χ3n) is 6.13. The van der Waals surface area contributed by atoms with Crippen molar-refractivity contribution in [2.75, 3.05) is 23.7 Å². The molecule has 0 heterocycles. The number of unbranched alkanes of at least 4 members (excludes halogenated alkanes) is 1. The molecule has 8 heteroatoms. The van der Waals surface area contributed by atoms with Crippen LogP contribution in [-0.4, -0.2) is 50.5 Å². The van der Waals surface area contributed by atoms with Crippen LogP contribution in [0.5, 0.6) is 0 Å². The smallest absolute Gasteiger partial charge is 0.244 e. The lowest BCUT2D eigenvalue weighted by atomic mass is 10.1. The largest absolute Gasteiger partial charge is 0.354 e. The first-order valence-corrected chi connectivity index (χ1v) is 14.0. The monoisotopic (exact) mass is 501 g/mol. The van der Waals surface area contributed by atoms with Gasteiger partial charge in [-0.15, -0.1) is 0 Å². The second-order valence-electron chi connectivity index (χ2n) is 9.08. The molecule has 2 aromatic rings. The van der Waals surface area contributed by atoms with Crippen LogP contribution in [0.2, 0.25) is 0 Å². The predicted octanol–water partition coefficient (Wildman–Crippen LogP) is 4.10. The standard InChI is InChI=1S/C27H39N3O4S/c1-7-9-16-28-27(32)24(8-2)29(18-23-13-11-10-12-21(23)4)26(31)19-30(35(6,33)34)25-17-20(3)14-15-22(25)5/h10-15,17,24H,7-9,16,18-19H2,1-6H3,(H,28,32)/t24-/m0/s1. The molecule has 0 spiro atoms. The molecule has 0 aliphatic heterocycles. The number of nitrogens with zero attached hydrogens (tertiary/aromatic N) is 2. The van der Waals surface area contributed by atoms with Gasteiger partial charge >= 0.3 is 0 Å². The maximum atomic E-state index is 13.8. The zero-order valence-electron chi connectivity index (χ0n) is 21.8. The van der Waals surface area contributed by atoms with Crippen molar-refractivity contribution in [2.45, 2.75) is 66.5 Å². The minimum Gasteiger partial charge on any atom is -0.354 e. The van der Waals surface area contributed by atoms with Gasteiger partial charge in [0.1, 0.15) is 12.6 Å². The highest BCUT2D eigenvalue weighted by Crippen LogP contribution is 2.25. The van der Waals surface area contributed by atoms with E-state index < -0.39 is 22.0 Å². The van der Waals surface area contributed by atoms with E-state index in [1.165, 1.54) is 4.90 Å². The van der Waals surface area contributed by atoms with E-state index in [0.29, 0.717) is 18.7 Å². The van der Waals surface area contributed by atoms with Crippen LogP contribution in [0.4, 0.5) is 5.69 Å².